The van der Waals surface area contributed by atoms with Crippen LogP contribution in [0, 0.1) is 10.1 Å². The summed E-state index contributed by atoms with van der Waals surface area (Å²) in [5.41, 5.74) is -0.418. The molecule has 0 amide bonds. The highest BCUT2D eigenvalue weighted by Gasteiger charge is 2.21. The third-order valence-electron chi connectivity index (χ3n) is 3.34. The smallest absolute Gasteiger partial charge is 0.289 e. The molecule has 9 heteroatoms. The number of nitrogens with zero attached hydrogens (tertiary/aromatic N) is 2. The van der Waals surface area contributed by atoms with Crippen molar-refractivity contribution in [3.05, 3.63) is 33.3 Å². The summed E-state index contributed by atoms with van der Waals surface area (Å²) in [7, 11) is -3.76. The van der Waals surface area contributed by atoms with Gasteiger partial charge in [-0.25, -0.2) is 13.1 Å². The Morgan fingerprint density at radius 2 is 2.00 bits per heavy atom. The van der Waals surface area contributed by atoms with Crippen LogP contribution in [0.2, 0.25) is 5.02 Å². The summed E-state index contributed by atoms with van der Waals surface area (Å²) in [6, 6.07) is 3.45. The molecule has 21 heavy (non-hydrogen) atoms. The van der Waals surface area contributed by atoms with E-state index in [4.69, 9.17) is 11.6 Å². The van der Waals surface area contributed by atoms with Gasteiger partial charge in [0, 0.05) is 19.2 Å². The Kier molecular flexibility index (Phi) is 5.15. The monoisotopic (exact) mass is 333 g/mol. The molecule has 1 aromatic carbocycles. The zero-order valence-electron chi connectivity index (χ0n) is 11.3. The second-order valence-electron chi connectivity index (χ2n) is 4.82. The van der Waals surface area contributed by atoms with Gasteiger partial charge in [-0.3, -0.25) is 10.1 Å². The van der Waals surface area contributed by atoms with Crippen LogP contribution in [0.4, 0.5) is 5.69 Å². The number of hydrogen-bond acceptors (Lipinski definition) is 5. The van der Waals surface area contributed by atoms with E-state index in [0.717, 1.165) is 32.0 Å². The molecule has 0 bridgehead atoms. The number of likely N-dealkylation sites (tertiary alicyclic amines) is 1. The second kappa shape index (κ2) is 6.69. The van der Waals surface area contributed by atoms with E-state index in [0.29, 0.717) is 6.54 Å². The van der Waals surface area contributed by atoms with E-state index in [-0.39, 0.29) is 16.5 Å². The Labute approximate surface area is 128 Å². The minimum atomic E-state index is -3.76. The Bertz CT molecular complexity index is 629. The number of nitro groups is 1. The Morgan fingerprint density at radius 3 is 2.62 bits per heavy atom. The summed E-state index contributed by atoms with van der Waals surface area (Å²) in [4.78, 5) is 12.1. The first-order valence-corrected chi connectivity index (χ1v) is 8.42. The largest absolute Gasteiger partial charge is 0.302 e. The number of nitrogens with one attached hydrogen (secondary N) is 1. The number of rotatable bonds is 6. The van der Waals surface area contributed by atoms with Gasteiger partial charge in [-0.1, -0.05) is 11.6 Å². The number of benzene rings is 1. The molecule has 1 N–H and O–H groups in total. The molecule has 0 aromatic heterocycles. The highest BCUT2D eigenvalue weighted by atomic mass is 35.5. The van der Waals surface area contributed by atoms with Crippen molar-refractivity contribution in [3.8, 4) is 0 Å². The van der Waals surface area contributed by atoms with Gasteiger partial charge in [0.15, 0.2) is 0 Å². The van der Waals surface area contributed by atoms with Crippen molar-refractivity contribution in [2.45, 2.75) is 17.7 Å². The third-order valence-corrected chi connectivity index (χ3v) is 5.12. The number of nitro benzene ring substituents is 1. The summed E-state index contributed by atoms with van der Waals surface area (Å²) in [6.45, 7) is 2.87. The van der Waals surface area contributed by atoms with Crippen LogP contribution in [0.1, 0.15) is 12.8 Å². The van der Waals surface area contributed by atoms with Crippen LogP contribution in [0.3, 0.4) is 0 Å². The van der Waals surface area contributed by atoms with Gasteiger partial charge in [0.05, 0.1) is 9.82 Å². The quantitative estimate of drug-likeness (QED) is 0.631. The molecule has 1 heterocycles. The van der Waals surface area contributed by atoms with Gasteiger partial charge >= 0.3 is 0 Å². The highest BCUT2D eigenvalue weighted by Crippen LogP contribution is 2.26. The Hall–Kier alpha value is -1.22. The molecule has 1 saturated heterocycles. The molecule has 7 nitrogen and oxygen atoms in total. The first kappa shape index (κ1) is 16.2. The fourth-order valence-electron chi connectivity index (χ4n) is 2.23. The summed E-state index contributed by atoms with van der Waals surface area (Å²) in [5, 5.41) is 10.7. The normalized spacial score (nSPS) is 16.2. The van der Waals surface area contributed by atoms with Crippen LogP contribution in [0.15, 0.2) is 23.1 Å². The summed E-state index contributed by atoms with van der Waals surface area (Å²) < 4.78 is 26.6. The van der Waals surface area contributed by atoms with Crippen LogP contribution in [0.5, 0.6) is 0 Å². The van der Waals surface area contributed by atoms with Gasteiger partial charge in [-0.2, -0.15) is 0 Å². The SMILES string of the molecule is O=[N+]([O-])c1cc(S(=O)(=O)NCCN2CCCC2)ccc1Cl. The molecular formula is C12H16ClN3O4S. The fourth-order valence-corrected chi connectivity index (χ4v) is 3.45. The molecule has 1 aliphatic heterocycles. The van der Waals surface area contributed by atoms with E-state index < -0.39 is 20.6 Å². The molecule has 0 radical (unpaired) electrons. The van der Waals surface area contributed by atoms with Crippen LogP contribution in [0.25, 0.3) is 0 Å². The number of halogens is 1. The van der Waals surface area contributed by atoms with E-state index in [1.54, 1.807) is 0 Å². The van der Waals surface area contributed by atoms with E-state index >= 15 is 0 Å². The van der Waals surface area contributed by atoms with Gasteiger partial charge in [0.1, 0.15) is 5.02 Å². The van der Waals surface area contributed by atoms with Crippen LogP contribution < -0.4 is 4.72 Å². The Balaban J connectivity index is 2.04. The lowest BCUT2D eigenvalue weighted by Crippen LogP contribution is -2.33. The minimum absolute atomic E-state index is 0.0870. The molecule has 0 aliphatic carbocycles. The molecule has 0 spiro atoms. The first-order chi connectivity index (χ1) is 9.90. The maximum absolute atomic E-state index is 12.1. The lowest BCUT2D eigenvalue weighted by Gasteiger charge is -2.14. The Morgan fingerprint density at radius 1 is 1.33 bits per heavy atom. The first-order valence-electron chi connectivity index (χ1n) is 6.56. The van der Waals surface area contributed by atoms with Crippen molar-refractivity contribution in [2.75, 3.05) is 26.2 Å². The lowest BCUT2D eigenvalue weighted by molar-refractivity contribution is -0.384. The molecule has 2 rings (SSSR count). The second-order valence-corrected chi connectivity index (χ2v) is 6.99. The van der Waals surface area contributed by atoms with Crippen molar-refractivity contribution >= 4 is 27.3 Å². The minimum Gasteiger partial charge on any atom is -0.302 e. The van der Waals surface area contributed by atoms with Gasteiger partial charge in [0.2, 0.25) is 10.0 Å². The maximum atomic E-state index is 12.1. The zero-order valence-corrected chi connectivity index (χ0v) is 12.9. The van der Waals surface area contributed by atoms with Crippen molar-refractivity contribution < 1.29 is 13.3 Å². The summed E-state index contributed by atoms with van der Waals surface area (Å²) >= 11 is 5.67. The molecule has 1 aliphatic rings. The standard InChI is InChI=1S/C12H16ClN3O4S/c13-11-4-3-10(9-12(11)16(17)18)21(19,20)14-5-8-15-6-1-2-7-15/h3-4,9,14H,1-2,5-8H2. The van der Waals surface area contributed by atoms with Crippen molar-refractivity contribution in [1.82, 2.24) is 9.62 Å². The van der Waals surface area contributed by atoms with Crippen molar-refractivity contribution in [2.24, 2.45) is 0 Å². The topological polar surface area (TPSA) is 92.5 Å². The van der Waals surface area contributed by atoms with Gasteiger partial charge in [-0.15, -0.1) is 0 Å². The lowest BCUT2D eigenvalue weighted by atomic mass is 10.3. The van der Waals surface area contributed by atoms with E-state index in [2.05, 4.69) is 9.62 Å². The van der Waals surface area contributed by atoms with Gasteiger partial charge in [-0.05, 0) is 38.1 Å². The average Bonchev–Trinajstić information content (AvgIpc) is 2.91. The van der Waals surface area contributed by atoms with Crippen molar-refractivity contribution in [1.29, 1.82) is 0 Å². The zero-order chi connectivity index (χ0) is 15.5. The van der Waals surface area contributed by atoms with Crippen LogP contribution in [-0.4, -0.2) is 44.4 Å². The van der Waals surface area contributed by atoms with Gasteiger partial charge in [0.25, 0.3) is 5.69 Å². The fraction of sp³-hybridized carbons (Fsp3) is 0.500. The van der Waals surface area contributed by atoms with Crippen LogP contribution >= 0.6 is 11.6 Å². The summed E-state index contributed by atoms with van der Waals surface area (Å²) in [6.07, 6.45) is 2.27. The third kappa shape index (κ3) is 4.13. The number of hydrogen-bond donors (Lipinski definition) is 1. The molecule has 1 aromatic rings. The predicted octanol–water partition coefficient (Wildman–Crippen LogP) is 1.62. The highest BCUT2D eigenvalue weighted by molar-refractivity contribution is 7.89. The van der Waals surface area contributed by atoms with Gasteiger partial charge < -0.3 is 4.90 Å². The molecule has 0 atom stereocenters. The van der Waals surface area contributed by atoms with E-state index in [9.17, 15) is 18.5 Å². The molecule has 0 unspecified atom stereocenters. The molecule has 1 fully saturated rings. The molecule has 116 valence electrons. The van der Waals surface area contributed by atoms with E-state index in [1.165, 1.54) is 12.1 Å². The van der Waals surface area contributed by atoms with Crippen molar-refractivity contribution in [3.63, 3.8) is 0 Å². The summed E-state index contributed by atoms with van der Waals surface area (Å²) in [5.74, 6) is 0. The molecular weight excluding hydrogens is 318 g/mol. The van der Waals surface area contributed by atoms with Crippen LogP contribution in [-0.2, 0) is 10.0 Å². The molecule has 0 saturated carbocycles. The predicted molar refractivity (Wildman–Crippen MR) is 79.0 cm³/mol. The van der Waals surface area contributed by atoms with E-state index in [1.807, 2.05) is 0 Å². The number of sulfonamides is 1. The maximum Gasteiger partial charge on any atom is 0.289 e. The average molecular weight is 334 g/mol.